The van der Waals surface area contributed by atoms with Gasteiger partial charge in [0.2, 0.25) is 10.0 Å². The maximum Gasteiger partial charge on any atom is 0.338 e. The van der Waals surface area contributed by atoms with E-state index < -0.39 is 34.0 Å². The number of amides is 3. The highest BCUT2D eigenvalue weighted by molar-refractivity contribution is 7.89. The first-order valence-corrected chi connectivity index (χ1v) is 10.0. The maximum atomic E-state index is 12.7. The molecule has 0 fully saturated rings. The highest BCUT2D eigenvalue weighted by Gasteiger charge is 2.23. The van der Waals surface area contributed by atoms with Gasteiger partial charge in [-0.15, -0.1) is 0 Å². The second-order valence-corrected chi connectivity index (χ2v) is 7.93. The minimum absolute atomic E-state index is 0.0607. The van der Waals surface area contributed by atoms with Crippen LogP contribution in [0.15, 0.2) is 53.4 Å². The number of hydrogen-bond donors (Lipinski definition) is 3. The van der Waals surface area contributed by atoms with Crippen LogP contribution in [0.5, 0.6) is 0 Å². The van der Waals surface area contributed by atoms with Gasteiger partial charge in [0.05, 0.1) is 10.5 Å². The number of primary amides is 1. The van der Waals surface area contributed by atoms with Crippen LogP contribution in [-0.2, 0) is 26.1 Å². The Morgan fingerprint density at radius 2 is 1.76 bits per heavy atom. The Morgan fingerprint density at radius 1 is 1.10 bits per heavy atom. The smallest absolute Gasteiger partial charge is 0.338 e. The number of esters is 1. The first kappa shape index (κ1) is 22.1. The van der Waals surface area contributed by atoms with Crippen LogP contribution in [-0.4, -0.2) is 32.4 Å². The summed E-state index contributed by atoms with van der Waals surface area (Å²) in [4.78, 5) is 34.5. The van der Waals surface area contributed by atoms with Crippen molar-refractivity contribution in [3.05, 3.63) is 65.2 Å². The van der Waals surface area contributed by atoms with Crippen LogP contribution in [0, 0.1) is 6.92 Å². The molecule has 0 aliphatic heterocycles. The van der Waals surface area contributed by atoms with E-state index in [9.17, 15) is 22.8 Å². The van der Waals surface area contributed by atoms with E-state index in [1.54, 1.807) is 36.5 Å². The predicted octanol–water partition coefficient (Wildman–Crippen LogP) is 1.21. The monoisotopic (exact) mass is 419 g/mol. The molecule has 0 spiro atoms. The van der Waals surface area contributed by atoms with E-state index >= 15 is 0 Å². The molecule has 9 nitrogen and oxygen atoms in total. The summed E-state index contributed by atoms with van der Waals surface area (Å²) < 4.78 is 32.8. The number of sulfonamides is 1. The molecule has 29 heavy (non-hydrogen) atoms. The van der Waals surface area contributed by atoms with Crippen LogP contribution in [0.1, 0.15) is 28.4 Å². The quantitative estimate of drug-likeness (QED) is 0.575. The van der Waals surface area contributed by atoms with Crippen molar-refractivity contribution in [3.63, 3.8) is 0 Å². The molecule has 0 bridgehead atoms. The topological polar surface area (TPSA) is 145 Å². The zero-order valence-corrected chi connectivity index (χ0v) is 16.7. The Balaban J connectivity index is 2.16. The summed E-state index contributed by atoms with van der Waals surface area (Å²) in [6.45, 7) is 2.93. The Morgan fingerprint density at radius 3 is 2.38 bits per heavy atom. The molecule has 0 radical (unpaired) electrons. The van der Waals surface area contributed by atoms with Gasteiger partial charge in [0.1, 0.15) is 0 Å². The predicted molar refractivity (Wildman–Crippen MR) is 104 cm³/mol. The molecular weight excluding hydrogens is 398 g/mol. The first-order valence-electron chi connectivity index (χ1n) is 8.55. The average molecular weight is 419 g/mol. The first-order chi connectivity index (χ1) is 13.6. The van der Waals surface area contributed by atoms with Gasteiger partial charge in [-0.3, -0.25) is 10.1 Å². The van der Waals surface area contributed by atoms with E-state index in [0.29, 0.717) is 5.56 Å². The summed E-state index contributed by atoms with van der Waals surface area (Å²) in [5.74, 6) is -1.81. The third kappa shape index (κ3) is 6.13. The molecule has 2 aromatic carbocycles. The number of urea groups is 1. The third-order valence-corrected chi connectivity index (χ3v) is 5.47. The van der Waals surface area contributed by atoms with Crippen molar-refractivity contribution in [1.29, 1.82) is 0 Å². The van der Waals surface area contributed by atoms with Crippen molar-refractivity contribution in [2.45, 2.75) is 31.4 Å². The number of nitrogens with one attached hydrogen (secondary N) is 2. The molecule has 0 unspecified atom stereocenters. The minimum atomic E-state index is -3.90. The number of carbonyl (C=O) groups is 3. The van der Waals surface area contributed by atoms with Crippen LogP contribution < -0.4 is 15.8 Å². The molecular formula is C19H21N3O6S. The van der Waals surface area contributed by atoms with Gasteiger partial charge in [0.15, 0.2) is 6.10 Å². The van der Waals surface area contributed by atoms with E-state index in [4.69, 9.17) is 10.5 Å². The number of ether oxygens (including phenoxy) is 1. The van der Waals surface area contributed by atoms with Gasteiger partial charge in [-0.25, -0.2) is 22.7 Å². The molecule has 0 saturated carbocycles. The third-order valence-electron chi connectivity index (χ3n) is 3.92. The van der Waals surface area contributed by atoms with Gasteiger partial charge in [-0.2, -0.15) is 0 Å². The lowest BCUT2D eigenvalue weighted by Crippen LogP contribution is -2.42. The summed E-state index contributed by atoms with van der Waals surface area (Å²) >= 11 is 0. The number of nitrogens with two attached hydrogens (primary N) is 1. The molecule has 10 heteroatoms. The van der Waals surface area contributed by atoms with Gasteiger partial charge in [-0.1, -0.05) is 36.4 Å². The SMILES string of the molecule is Cc1ccc(C(=O)O[C@@H](C)C(=O)NC(N)=O)cc1S(=O)(=O)NCc1ccccc1. The molecule has 4 N–H and O–H groups in total. The fourth-order valence-corrected chi connectivity index (χ4v) is 3.66. The van der Waals surface area contributed by atoms with Crippen molar-refractivity contribution in [1.82, 2.24) is 10.0 Å². The van der Waals surface area contributed by atoms with Crippen LogP contribution in [0.25, 0.3) is 0 Å². The highest BCUT2D eigenvalue weighted by Crippen LogP contribution is 2.18. The van der Waals surface area contributed by atoms with Gasteiger partial charge in [0, 0.05) is 6.54 Å². The highest BCUT2D eigenvalue weighted by atomic mass is 32.2. The molecule has 2 aromatic rings. The standard InChI is InChI=1S/C19H21N3O6S/c1-12-8-9-15(18(24)28-13(2)17(23)22-19(20)25)10-16(12)29(26,27)21-11-14-6-4-3-5-7-14/h3-10,13,21H,11H2,1-2H3,(H3,20,22,23,25)/t13-/m0/s1. The molecule has 0 saturated heterocycles. The summed E-state index contributed by atoms with van der Waals surface area (Å²) in [7, 11) is -3.90. The van der Waals surface area contributed by atoms with E-state index in [-0.39, 0.29) is 17.0 Å². The van der Waals surface area contributed by atoms with Crippen LogP contribution >= 0.6 is 0 Å². The molecule has 0 aromatic heterocycles. The summed E-state index contributed by atoms with van der Waals surface area (Å²) in [5.41, 5.74) is 5.99. The fourth-order valence-electron chi connectivity index (χ4n) is 2.37. The molecule has 0 aliphatic rings. The summed E-state index contributed by atoms with van der Waals surface area (Å²) in [6, 6.07) is 11.9. The molecule has 0 aliphatic carbocycles. The molecule has 3 amide bonds. The van der Waals surface area contributed by atoms with Gasteiger partial charge in [-0.05, 0) is 37.1 Å². The van der Waals surface area contributed by atoms with E-state index in [0.717, 1.165) is 5.56 Å². The lowest BCUT2D eigenvalue weighted by molar-refractivity contribution is -0.127. The lowest BCUT2D eigenvalue weighted by atomic mass is 10.1. The van der Waals surface area contributed by atoms with E-state index in [1.807, 2.05) is 6.07 Å². The average Bonchev–Trinajstić information content (AvgIpc) is 2.66. The normalized spacial score (nSPS) is 12.1. The second kappa shape index (κ2) is 9.30. The van der Waals surface area contributed by atoms with Crippen LogP contribution in [0.3, 0.4) is 0 Å². The van der Waals surface area contributed by atoms with Gasteiger partial charge in [0.25, 0.3) is 5.91 Å². The number of carbonyl (C=O) groups excluding carboxylic acids is 3. The van der Waals surface area contributed by atoms with Crippen molar-refractivity contribution >= 4 is 27.9 Å². The molecule has 1 atom stereocenters. The van der Waals surface area contributed by atoms with Crippen molar-refractivity contribution in [2.24, 2.45) is 5.73 Å². The number of imide groups is 1. The van der Waals surface area contributed by atoms with Crippen molar-refractivity contribution in [3.8, 4) is 0 Å². The molecule has 0 heterocycles. The summed E-state index contributed by atoms with van der Waals surface area (Å²) in [5, 5.41) is 1.79. The zero-order chi connectivity index (χ0) is 21.6. The lowest BCUT2D eigenvalue weighted by Gasteiger charge is -2.14. The molecule has 2 rings (SSSR count). The van der Waals surface area contributed by atoms with Crippen molar-refractivity contribution < 1.29 is 27.5 Å². The number of aryl methyl sites for hydroxylation is 1. The second-order valence-electron chi connectivity index (χ2n) is 6.19. The van der Waals surface area contributed by atoms with Crippen molar-refractivity contribution in [2.75, 3.05) is 0 Å². The number of benzene rings is 2. The Kier molecular flexibility index (Phi) is 7.08. The fraction of sp³-hybridized carbons (Fsp3) is 0.211. The van der Waals surface area contributed by atoms with Crippen LogP contribution in [0.2, 0.25) is 0 Å². The summed E-state index contributed by atoms with van der Waals surface area (Å²) in [6.07, 6.45) is -1.30. The zero-order valence-electron chi connectivity index (χ0n) is 15.8. The maximum absolute atomic E-state index is 12.7. The van der Waals surface area contributed by atoms with Gasteiger partial charge < -0.3 is 10.5 Å². The largest absolute Gasteiger partial charge is 0.449 e. The van der Waals surface area contributed by atoms with E-state index in [1.165, 1.54) is 25.1 Å². The van der Waals surface area contributed by atoms with Gasteiger partial charge >= 0.3 is 12.0 Å². The Hall–Kier alpha value is -3.24. The van der Waals surface area contributed by atoms with Crippen LogP contribution in [0.4, 0.5) is 4.79 Å². The number of hydrogen-bond acceptors (Lipinski definition) is 6. The molecule has 154 valence electrons. The Bertz CT molecular complexity index is 1020. The van der Waals surface area contributed by atoms with E-state index in [2.05, 4.69) is 4.72 Å². The minimum Gasteiger partial charge on any atom is -0.449 e. The Labute approximate surface area is 168 Å². The number of rotatable bonds is 7.